The first-order valence-electron chi connectivity index (χ1n) is 15.2. The fourth-order valence-electron chi connectivity index (χ4n) is 3.12. The maximum Gasteiger partial charge on any atom is 0.259 e. The average Bonchev–Trinajstić information content (AvgIpc) is 3.43. The molecular weight excluding hydrogens is 589 g/mol. The smallest absolute Gasteiger partial charge is 0.259 e. The van der Waals surface area contributed by atoms with Gasteiger partial charge >= 0.3 is 0 Å². The quantitative estimate of drug-likeness (QED) is 0.208. The lowest BCUT2D eigenvalue weighted by Crippen LogP contribution is -2.14. The molecule has 0 aromatic carbocycles. The molecule has 0 radical (unpaired) electrons. The molecule has 11 heteroatoms. The van der Waals surface area contributed by atoms with Crippen LogP contribution < -0.4 is 10.1 Å². The third-order valence-electron chi connectivity index (χ3n) is 5.93. The summed E-state index contributed by atoms with van der Waals surface area (Å²) in [5, 5.41) is 11.1. The summed E-state index contributed by atoms with van der Waals surface area (Å²) in [6.45, 7) is 19.6. The topological polar surface area (TPSA) is 99.1 Å². The summed E-state index contributed by atoms with van der Waals surface area (Å²) in [5.41, 5.74) is 1.06. The molecular formula is C32H51ClFN5O3S. The van der Waals surface area contributed by atoms with Crippen LogP contribution in [0.15, 0.2) is 18.5 Å². The van der Waals surface area contributed by atoms with E-state index < -0.39 is 11.7 Å². The highest BCUT2D eigenvalue weighted by Gasteiger charge is 2.23. The Morgan fingerprint density at radius 3 is 2.02 bits per heavy atom. The van der Waals surface area contributed by atoms with Crippen LogP contribution in [0.5, 0.6) is 5.75 Å². The van der Waals surface area contributed by atoms with Gasteiger partial charge in [-0.25, -0.2) is 9.37 Å². The number of halogens is 2. The van der Waals surface area contributed by atoms with Crippen LogP contribution in [0.2, 0.25) is 5.15 Å². The molecule has 0 bridgehead atoms. The standard InChI is InChI=1S/C16H13ClFN5O2S.C8H18O.2C4H10/c1-7-4-9(12-11(25-3)6-20-14(17)13(12)18)10(5-19-7)15(24)21-16-23-22-8(2)26-16;1-4-7-9-8(5-2)6-3;2*1-3-4-2/h4-6H,1-3H3,(H,21,23,24);8H,4-7H2,1-3H3;2*3-4H2,1-2H3. The molecule has 8 nitrogen and oxygen atoms in total. The molecule has 0 fully saturated rings. The van der Waals surface area contributed by atoms with E-state index in [1.165, 1.54) is 56.5 Å². The lowest BCUT2D eigenvalue weighted by molar-refractivity contribution is 0.0487. The Bertz CT molecular complexity index is 1180. The van der Waals surface area contributed by atoms with Crippen LogP contribution in [0.25, 0.3) is 11.1 Å². The lowest BCUT2D eigenvalue weighted by atomic mass is 10.00. The van der Waals surface area contributed by atoms with Crippen molar-refractivity contribution in [3.8, 4) is 16.9 Å². The summed E-state index contributed by atoms with van der Waals surface area (Å²) < 4.78 is 25.4. The largest absolute Gasteiger partial charge is 0.494 e. The number of methoxy groups -OCH3 is 1. The molecule has 0 unspecified atom stereocenters. The summed E-state index contributed by atoms with van der Waals surface area (Å²) in [5.74, 6) is -1.13. The van der Waals surface area contributed by atoms with Gasteiger partial charge in [-0.3, -0.25) is 15.1 Å². The highest BCUT2D eigenvalue weighted by Crippen LogP contribution is 2.37. The maximum atomic E-state index is 14.7. The second-order valence-electron chi connectivity index (χ2n) is 9.57. The highest BCUT2D eigenvalue weighted by molar-refractivity contribution is 7.15. The van der Waals surface area contributed by atoms with E-state index in [-0.39, 0.29) is 27.6 Å². The molecule has 0 saturated heterocycles. The Hall–Kier alpha value is -2.69. The van der Waals surface area contributed by atoms with Gasteiger partial charge in [-0.1, -0.05) is 97.1 Å². The Labute approximate surface area is 267 Å². The number of carbonyl (C=O) groups is 1. The van der Waals surface area contributed by atoms with Crippen LogP contribution in [0, 0.1) is 19.7 Å². The molecule has 0 aliphatic heterocycles. The van der Waals surface area contributed by atoms with Gasteiger partial charge < -0.3 is 9.47 Å². The minimum absolute atomic E-state index is 0.0385. The van der Waals surface area contributed by atoms with Crippen LogP contribution in [0.3, 0.4) is 0 Å². The molecule has 0 atom stereocenters. The van der Waals surface area contributed by atoms with Gasteiger partial charge in [0, 0.05) is 24.1 Å². The van der Waals surface area contributed by atoms with Crippen molar-refractivity contribution in [2.75, 3.05) is 19.0 Å². The zero-order valence-electron chi connectivity index (χ0n) is 27.6. The summed E-state index contributed by atoms with van der Waals surface area (Å²) in [7, 11) is 1.38. The maximum absolute atomic E-state index is 14.7. The van der Waals surface area contributed by atoms with E-state index >= 15 is 0 Å². The molecule has 3 rings (SSSR count). The van der Waals surface area contributed by atoms with Gasteiger partial charge in [0.25, 0.3) is 5.91 Å². The molecule has 3 aromatic heterocycles. The van der Waals surface area contributed by atoms with Crippen molar-refractivity contribution >= 4 is 34.0 Å². The van der Waals surface area contributed by atoms with Gasteiger partial charge in [-0.05, 0) is 39.2 Å². The van der Waals surface area contributed by atoms with Crippen LogP contribution in [0.1, 0.15) is 114 Å². The summed E-state index contributed by atoms with van der Waals surface area (Å²) in [4.78, 5) is 20.6. The molecule has 1 N–H and O–H groups in total. The third kappa shape index (κ3) is 15.0. The predicted octanol–water partition coefficient (Wildman–Crippen LogP) is 9.88. The average molecular weight is 640 g/mol. The summed E-state index contributed by atoms with van der Waals surface area (Å²) >= 11 is 7.05. The first-order chi connectivity index (χ1) is 20.6. The first-order valence-corrected chi connectivity index (χ1v) is 16.4. The first kappa shape index (κ1) is 40.3. The highest BCUT2D eigenvalue weighted by atomic mass is 35.5. The fraction of sp³-hybridized carbons (Fsp3) is 0.594. The molecule has 0 aliphatic rings. The zero-order valence-corrected chi connectivity index (χ0v) is 29.2. The number of ether oxygens (including phenoxy) is 2. The number of hydrogen-bond acceptors (Lipinski definition) is 8. The number of unbranched alkanes of at least 4 members (excludes halogenated alkanes) is 2. The van der Waals surface area contributed by atoms with Crippen LogP contribution in [-0.4, -0.2) is 45.9 Å². The van der Waals surface area contributed by atoms with Crippen molar-refractivity contribution in [1.29, 1.82) is 0 Å². The van der Waals surface area contributed by atoms with E-state index in [1.54, 1.807) is 19.9 Å². The van der Waals surface area contributed by atoms with E-state index in [4.69, 9.17) is 21.1 Å². The van der Waals surface area contributed by atoms with Crippen molar-refractivity contribution < 1.29 is 18.7 Å². The van der Waals surface area contributed by atoms with Gasteiger partial charge in [-0.15, -0.1) is 10.2 Å². The molecule has 3 heterocycles. The van der Waals surface area contributed by atoms with Gasteiger partial charge in [0.05, 0.1) is 30.5 Å². The Kier molecular flexibility index (Phi) is 22.2. The number of nitrogens with zero attached hydrogens (tertiary/aromatic N) is 4. The SMILES string of the molecule is CCCC.CCCC.CCCOC(CC)CC.COc1cnc(Cl)c(F)c1-c1cc(C)ncc1C(=O)Nc1nnc(C)s1. The van der Waals surface area contributed by atoms with E-state index in [9.17, 15) is 9.18 Å². The Morgan fingerprint density at radius 1 is 0.953 bits per heavy atom. The number of carbonyl (C=O) groups excluding carboxylic acids is 1. The van der Waals surface area contributed by atoms with Crippen molar-refractivity contribution in [2.45, 2.75) is 113 Å². The number of pyridine rings is 2. The zero-order chi connectivity index (χ0) is 32.8. The van der Waals surface area contributed by atoms with E-state index in [0.29, 0.717) is 21.9 Å². The van der Waals surface area contributed by atoms with E-state index in [0.717, 1.165) is 25.9 Å². The van der Waals surface area contributed by atoms with Gasteiger partial charge in [0.1, 0.15) is 10.8 Å². The normalized spacial score (nSPS) is 10.1. The molecule has 1 amide bonds. The van der Waals surface area contributed by atoms with E-state index in [1.807, 2.05) is 0 Å². The van der Waals surface area contributed by atoms with Crippen molar-refractivity contribution in [2.24, 2.45) is 0 Å². The molecule has 3 aromatic rings. The Balaban J connectivity index is 0.000000855. The van der Waals surface area contributed by atoms with Crippen molar-refractivity contribution in [3.05, 3.63) is 45.7 Å². The number of nitrogens with one attached hydrogen (secondary N) is 1. The second-order valence-corrected chi connectivity index (χ2v) is 11.1. The lowest BCUT2D eigenvalue weighted by Gasteiger charge is -2.14. The van der Waals surface area contributed by atoms with Gasteiger partial charge in [0.2, 0.25) is 5.13 Å². The van der Waals surface area contributed by atoms with Gasteiger partial charge in [-0.2, -0.15) is 0 Å². The van der Waals surface area contributed by atoms with Crippen LogP contribution in [-0.2, 0) is 4.74 Å². The van der Waals surface area contributed by atoms with Crippen LogP contribution >= 0.6 is 22.9 Å². The minimum atomic E-state index is -0.780. The van der Waals surface area contributed by atoms with Crippen molar-refractivity contribution in [3.63, 3.8) is 0 Å². The third-order valence-corrected chi connectivity index (χ3v) is 6.95. The molecule has 0 aliphatic carbocycles. The minimum Gasteiger partial charge on any atom is -0.494 e. The molecule has 242 valence electrons. The number of hydrogen-bond donors (Lipinski definition) is 1. The number of anilines is 1. The monoisotopic (exact) mass is 639 g/mol. The van der Waals surface area contributed by atoms with Gasteiger partial charge in [0.15, 0.2) is 11.0 Å². The molecule has 43 heavy (non-hydrogen) atoms. The second kappa shape index (κ2) is 23.7. The number of aromatic nitrogens is 4. The summed E-state index contributed by atoms with van der Waals surface area (Å²) in [6, 6.07) is 1.58. The predicted molar refractivity (Wildman–Crippen MR) is 178 cm³/mol. The fourth-order valence-corrected chi connectivity index (χ4v) is 3.85. The number of aryl methyl sites for hydroxylation is 2. The Morgan fingerprint density at radius 2 is 1.56 bits per heavy atom. The number of amides is 1. The molecule has 0 spiro atoms. The molecule has 0 saturated carbocycles. The van der Waals surface area contributed by atoms with Crippen molar-refractivity contribution in [1.82, 2.24) is 20.2 Å². The van der Waals surface area contributed by atoms with Crippen LogP contribution in [0.4, 0.5) is 9.52 Å². The number of rotatable bonds is 11. The summed E-state index contributed by atoms with van der Waals surface area (Å²) in [6.07, 6.45) is 11.9. The van der Waals surface area contributed by atoms with E-state index in [2.05, 4.69) is 73.9 Å².